The second-order valence-electron chi connectivity index (χ2n) is 5.68. The van der Waals surface area contributed by atoms with Crippen molar-refractivity contribution in [1.29, 1.82) is 0 Å². The van der Waals surface area contributed by atoms with Crippen LogP contribution in [-0.2, 0) is 4.74 Å². The highest BCUT2D eigenvalue weighted by Crippen LogP contribution is 2.27. The molecule has 0 aromatic heterocycles. The highest BCUT2D eigenvalue weighted by atomic mass is 16.5. The fourth-order valence-corrected chi connectivity index (χ4v) is 2.86. The van der Waals surface area contributed by atoms with Gasteiger partial charge in [0.15, 0.2) is 0 Å². The third kappa shape index (κ3) is 8.74. The van der Waals surface area contributed by atoms with E-state index in [1.807, 2.05) is 0 Å². The van der Waals surface area contributed by atoms with Crippen molar-refractivity contribution >= 4 is 0 Å². The number of hydrogen-bond acceptors (Lipinski definition) is 1. The van der Waals surface area contributed by atoms with Crippen LogP contribution in [0.4, 0.5) is 0 Å². The Kier molecular flexibility index (Phi) is 10.3. The SMILES string of the molecule is CC=CCCCCCOCCCC1CCCCC1. The molecule has 1 fully saturated rings. The van der Waals surface area contributed by atoms with E-state index in [1.165, 1.54) is 70.6 Å². The van der Waals surface area contributed by atoms with E-state index in [9.17, 15) is 0 Å². The van der Waals surface area contributed by atoms with E-state index >= 15 is 0 Å². The van der Waals surface area contributed by atoms with Crippen LogP contribution in [-0.4, -0.2) is 13.2 Å². The molecule has 0 heterocycles. The largest absolute Gasteiger partial charge is 0.381 e. The maximum absolute atomic E-state index is 5.71. The van der Waals surface area contributed by atoms with E-state index < -0.39 is 0 Å². The minimum atomic E-state index is 0.973. The summed E-state index contributed by atoms with van der Waals surface area (Å²) in [5.74, 6) is 1.02. The molecule has 1 nitrogen and oxygen atoms in total. The third-order valence-corrected chi connectivity index (χ3v) is 4.02. The maximum Gasteiger partial charge on any atom is 0.0466 e. The van der Waals surface area contributed by atoms with Crippen LogP contribution in [0.1, 0.15) is 77.6 Å². The van der Waals surface area contributed by atoms with Gasteiger partial charge in [-0.1, -0.05) is 50.7 Å². The average Bonchev–Trinajstić information content (AvgIpc) is 2.42. The van der Waals surface area contributed by atoms with E-state index in [2.05, 4.69) is 19.1 Å². The van der Waals surface area contributed by atoms with Gasteiger partial charge in [-0.3, -0.25) is 0 Å². The summed E-state index contributed by atoms with van der Waals surface area (Å²) in [6.07, 6.45) is 19.5. The van der Waals surface area contributed by atoms with Crippen molar-refractivity contribution in [1.82, 2.24) is 0 Å². The lowest BCUT2D eigenvalue weighted by molar-refractivity contribution is 0.121. The summed E-state index contributed by atoms with van der Waals surface area (Å²) in [4.78, 5) is 0. The van der Waals surface area contributed by atoms with Crippen LogP contribution in [0.15, 0.2) is 12.2 Å². The first-order chi connectivity index (χ1) is 8.93. The monoisotopic (exact) mass is 252 g/mol. The summed E-state index contributed by atoms with van der Waals surface area (Å²) >= 11 is 0. The Bertz CT molecular complexity index is 192. The van der Waals surface area contributed by atoms with Gasteiger partial charge >= 0.3 is 0 Å². The highest BCUT2D eigenvalue weighted by Gasteiger charge is 2.12. The first kappa shape index (κ1) is 15.8. The number of rotatable bonds is 10. The first-order valence-electron chi connectivity index (χ1n) is 8.12. The van der Waals surface area contributed by atoms with E-state index in [0.717, 1.165) is 19.1 Å². The Morgan fingerprint density at radius 1 is 0.944 bits per heavy atom. The molecule has 0 radical (unpaired) electrons. The van der Waals surface area contributed by atoms with Gasteiger partial charge in [0.05, 0.1) is 0 Å². The molecule has 0 aromatic rings. The molecule has 0 amide bonds. The van der Waals surface area contributed by atoms with Crippen molar-refractivity contribution in [3.05, 3.63) is 12.2 Å². The van der Waals surface area contributed by atoms with Crippen LogP contribution in [0.5, 0.6) is 0 Å². The fourth-order valence-electron chi connectivity index (χ4n) is 2.86. The second kappa shape index (κ2) is 11.8. The van der Waals surface area contributed by atoms with E-state index in [1.54, 1.807) is 0 Å². The zero-order chi connectivity index (χ0) is 12.9. The molecule has 0 bridgehead atoms. The van der Waals surface area contributed by atoms with Gasteiger partial charge in [-0.2, -0.15) is 0 Å². The maximum atomic E-state index is 5.71. The molecule has 0 N–H and O–H groups in total. The molecule has 0 atom stereocenters. The standard InChI is InChI=1S/C17H32O/c1-2-3-4-5-6-10-15-18-16-11-14-17-12-8-7-9-13-17/h2-3,17H,4-16H2,1H3. The van der Waals surface area contributed by atoms with Crippen LogP contribution in [0.3, 0.4) is 0 Å². The lowest BCUT2D eigenvalue weighted by Gasteiger charge is -2.21. The number of hydrogen-bond donors (Lipinski definition) is 0. The molecule has 106 valence electrons. The molecule has 1 saturated carbocycles. The van der Waals surface area contributed by atoms with Crippen molar-refractivity contribution < 1.29 is 4.74 Å². The Morgan fingerprint density at radius 2 is 1.72 bits per heavy atom. The molecule has 0 unspecified atom stereocenters. The predicted molar refractivity (Wildman–Crippen MR) is 79.9 cm³/mol. The summed E-state index contributed by atoms with van der Waals surface area (Å²) in [6, 6.07) is 0. The summed E-state index contributed by atoms with van der Waals surface area (Å²) < 4.78 is 5.71. The number of ether oxygens (including phenoxy) is 1. The Hall–Kier alpha value is -0.300. The zero-order valence-electron chi connectivity index (χ0n) is 12.3. The second-order valence-corrected chi connectivity index (χ2v) is 5.68. The number of allylic oxidation sites excluding steroid dienone is 2. The number of unbranched alkanes of at least 4 members (excludes halogenated alkanes) is 3. The molecule has 0 aliphatic heterocycles. The Morgan fingerprint density at radius 3 is 2.50 bits per heavy atom. The van der Waals surface area contributed by atoms with Crippen molar-refractivity contribution in [3.8, 4) is 0 Å². The van der Waals surface area contributed by atoms with Gasteiger partial charge in [0.1, 0.15) is 0 Å². The highest BCUT2D eigenvalue weighted by molar-refractivity contribution is 4.76. The van der Waals surface area contributed by atoms with E-state index in [0.29, 0.717) is 0 Å². The lowest BCUT2D eigenvalue weighted by Crippen LogP contribution is -2.07. The molecule has 1 rings (SSSR count). The van der Waals surface area contributed by atoms with Gasteiger partial charge in [0.25, 0.3) is 0 Å². The van der Waals surface area contributed by atoms with Crippen molar-refractivity contribution in [2.24, 2.45) is 5.92 Å². The molecule has 0 aromatic carbocycles. The van der Waals surface area contributed by atoms with E-state index in [-0.39, 0.29) is 0 Å². The lowest BCUT2D eigenvalue weighted by atomic mass is 9.86. The molecule has 1 aliphatic carbocycles. The summed E-state index contributed by atoms with van der Waals surface area (Å²) in [5.41, 5.74) is 0. The quantitative estimate of drug-likeness (QED) is 0.368. The molecule has 0 spiro atoms. The third-order valence-electron chi connectivity index (χ3n) is 4.02. The molecule has 18 heavy (non-hydrogen) atoms. The Labute approximate surface area is 114 Å². The predicted octanol–water partition coefficient (Wildman–Crippen LogP) is 5.50. The molecular formula is C17H32O. The van der Waals surface area contributed by atoms with Crippen LogP contribution in [0.25, 0.3) is 0 Å². The average molecular weight is 252 g/mol. The van der Waals surface area contributed by atoms with Gasteiger partial charge in [-0.15, -0.1) is 0 Å². The molecule has 0 saturated heterocycles. The normalized spacial score (nSPS) is 17.6. The molecule has 1 heteroatoms. The van der Waals surface area contributed by atoms with Crippen LogP contribution in [0.2, 0.25) is 0 Å². The minimum absolute atomic E-state index is 0.973. The van der Waals surface area contributed by atoms with Crippen molar-refractivity contribution in [2.75, 3.05) is 13.2 Å². The van der Waals surface area contributed by atoms with Gasteiger partial charge < -0.3 is 4.74 Å². The van der Waals surface area contributed by atoms with Crippen LogP contribution in [0, 0.1) is 5.92 Å². The molecule has 1 aliphatic rings. The fraction of sp³-hybridized carbons (Fsp3) is 0.882. The zero-order valence-corrected chi connectivity index (χ0v) is 12.3. The van der Waals surface area contributed by atoms with Crippen molar-refractivity contribution in [3.63, 3.8) is 0 Å². The van der Waals surface area contributed by atoms with Crippen LogP contribution >= 0.6 is 0 Å². The summed E-state index contributed by atoms with van der Waals surface area (Å²) in [5, 5.41) is 0. The van der Waals surface area contributed by atoms with Gasteiger partial charge in [0, 0.05) is 13.2 Å². The molecular weight excluding hydrogens is 220 g/mol. The first-order valence-corrected chi connectivity index (χ1v) is 8.12. The Balaban J connectivity index is 1.75. The van der Waals surface area contributed by atoms with Gasteiger partial charge in [-0.05, 0) is 44.9 Å². The van der Waals surface area contributed by atoms with Gasteiger partial charge in [-0.25, -0.2) is 0 Å². The summed E-state index contributed by atoms with van der Waals surface area (Å²) in [7, 11) is 0. The minimum Gasteiger partial charge on any atom is -0.381 e. The van der Waals surface area contributed by atoms with Gasteiger partial charge in [0.2, 0.25) is 0 Å². The topological polar surface area (TPSA) is 9.23 Å². The smallest absolute Gasteiger partial charge is 0.0466 e. The van der Waals surface area contributed by atoms with E-state index in [4.69, 9.17) is 4.74 Å². The van der Waals surface area contributed by atoms with Crippen LogP contribution < -0.4 is 0 Å². The van der Waals surface area contributed by atoms with Crippen molar-refractivity contribution in [2.45, 2.75) is 77.6 Å². The summed E-state index contributed by atoms with van der Waals surface area (Å²) in [6.45, 7) is 4.06.